The molecule has 116 valence electrons. The zero-order chi connectivity index (χ0) is 15.4. The molecule has 1 unspecified atom stereocenters. The van der Waals surface area contributed by atoms with E-state index in [2.05, 4.69) is 29.7 Å². The Bertz CT molecular complexity index is 633. The molecular formula is C17H21N3OS. The van der Waals surface area contributed by atoms with Crippen LogP contribution in [0.2, 0.25) is 0 Å². The molecule has 1 amide bonds. The zero-order valence-corrected chi connectivity index (χ0v) is 13.6. The number of carbonyl (C=O) groups is 1. The van der Waals surface area contributed by atoms with Crippen LogP contribution in [0.3, 0.4) is 0 Å². The molecule has 2 heterocycles. The second-order valence-corrected chi connectivity index (χ2v) is 6.86. The van der Waals surface area contributed by atoms with Crippen molar-refractivity contribution >= 4 is 17.2 Å². The Morgan fingerprint density at radius 3 is 2.95 bits per heavy atom. The van der Waals surface area contributed by atoms with E-state index >= 15 is 0 Å². The van der Waals surface area contributed by atoms with Crippen molar-refractivity contribution in [3.05, 3.63) is 40.2 Å². The quantitative estimate of drug-likeness (QED) is 0.891. The Morgan fingerprint density at radius 2 is 2.23 bits per heavy atom. The van der Waals surface area contributed by atoms with Gasteiger partial charge in [-0.3, -0.25) is 4.79 Å². The third kappa shape index (κ3) is 3.54. The predicted octanol–water partition coefficient (Wildman–Crippen LogP) is 2.53. The topological polar surface area (TPSA) is 54.0 Å². The molecular weight excluding hydrogens is 294 g/mol. The second kappa shape index (κ2) is 7.03. The molecule has 1 fully saturated rings. The molecule has 1 aliphatic rings. The molecule has 2 N–H and O–H groups in total. The number of benzene rings is 1. The first kappa shape index (κ1) is 15.2. The number of rotatable bonds is 5. The van der Waals surface area contributed by atoms with Gasteiger partial charge in [-0.2, -0.15) is 0 Å². The lowest BCUT2D eigenvalue weighted by atomic mass is 10.1. The maximum Gasteiger partial charge on any atom is 0.237 e. The fraction of sp³-hybridized carbons (Fsp3) is 0.412. The first-order valence-corrected chi connectivity index (χ1v) is 8.58. The SMILES string of the molecule is Cc1sc(CCNC(=O)C2CCCN2)nc1-c1ccccc1. The van der Waals surface area contributed by atoms with Gasteiger partial charge in [0.05, 0.1) is 16.7 Å². The van der Waals surface area contributed by atoms with Gasteiger partial charge in [-0.05, 0) is 26.3 Å². The van der Waals surface area contributed by atoms with Crippen LogP contribution < -0.4 is 10.6 Å². The van der Waals surface area contributed by atoms with E-state index in [4.69, 9.17) is 4.98 Å². The van der Waals surface area contributed by atoms with Crippen molar-refractivity contribution in [1.82, 2.24) is 15.6 Å². The third-order valence-electron chi connectivity index (χ3n) is 3.90. The molecule has 0 spiro atoms. The lowest BCUT2D eigenvalue weighted by Crippen LogP contribution is -2.41. The van der Waals surface area contributed by atoms with Crippen LogP contribution in [0.4, 0.5) is 0 Å². The molecule has 5 heteroatoms. The molecule has 0 saturated carbocycles. The van der Waals surface area contributed by atoms with Crippen LogP contribution in [0.15, 0.2) is 30.3 Å². The van der Waals surface area contributed by atoms with Gasteiger partial charge in [-0.15, -0.1) is 11.3 Å². The molecule has 4 nitrogen and oxygen atoms in total. The highest BCUT2D eigenvalue weighted by atomic mass is 32.1. The van der Waals surface area contributed by atoms with Crippen LogP contribution in [-0.2, 0) is 11.2 Å². The minimum atomic E-state index is -0.00193. The highest BCUT2D eigenvalue weighted by Crippen LogP contribution is 2.27. The van der Waals surface area contributed by atoms with E-state index in [-0.39, 0.29) is 11.9 Å². The number of hydrogen-bond donors (Lipinski definition) is 2. The summed E-state index contributed by atoms with van der Waals surface area (Å²) in [5.74, 6) is 0.120. The number of amides is 1. The van der Waals surface area contributed by atoms with E-state index in [1.807, 2.05) is 18.2 Å². The average Bonchev–Trinajstić information content (AvgIpc) is 3.18. The number of nitrogens with zero attached hydrogens (tertiary/aromatic N) is 1. The molecule has 0 bridgehead atoms. The summed E-state index contributed by atoms with van der Waals surface area (Å²) < 4.78 is 0. The summed E-state index contributed by atoms with van der Waals surface area (Å²) in [7, 11) is 0. The standard InChI is InChI=1S/C17H21N3OS/c1-12-16(13-6-3-2-4-7-13)20-15(22-12)9-11-19-17(21)14-8-5-10-18-14/h2-4,6-7,14,18H,5,8-11H2,1H3,(H,19,21). The Kier molecular flexibility index (Phi) is 4.85. The lowest BCUT2D eigenvalue weighted by Gasteiger charge is -2.10. The van der Waals surface area contributed by atoms with E-state index in [9.17, 15) is 4.79 Å². The Labute approximate surface area is 135 Å². The van der Waals surface area contributed by atoms with Crippen molar-refractivity contribution in [3.8, 4) is 11.3 Å². The summed E-state index contributed by atoms with van der Waals surface area (Å²) in [6.07, 6.45) is 2.82. The normalized spacial score (nSPS) is 17.6. The van der Waals surface area contributed by atoms with E-state index in [1.54, 1.807) is 11.3 Å². The summed E-state index contributed by atoms with van der Waals surface area (Å²) in [6.45, 7) is 3.70. The molecule has 0 radical (unpaired) electrons. The van der Waals surface area contributed by atoms with Gasteiger partial charge in [0.15, 0.2) is 0 Å². The molecule has 1 atom stereocenters. The molecule has 2 aromatic rings. The average molecular weight is 315 g/mol. The molecule has 1 aromatic heterocycles. The minimum Gasteiger partial charge on any atom is -0.354 e. The van der Waals surface area contributed by atoms with Gasteiger partial charge in [0, 0.05) is 23.4 Å². The Hall–Kier alpha value is -1.72. The van der Waals surface area contributed by atoms with Crippen molar-refractivity contribution in [3.63, 3.8) is 0 Å². The van der Waals surface area contributed by atoms with Crippen LogP contribution >= 0.6 is 11.3 Å². The van der Waals surface area contributed by atoms with E-state index < -0.39 is 0 Å². The fourth-order valence-electron chi connectivity index (χ4n) is 2.75. The highest BCUT2D eigenvalue weighted by Gasteiger charge is 2.21. The van der Waals surface area contributed by atoms with E-state index in [0.717, 1.165) is 42.1 Å². The van der Waals surface area contributed by atoms with Crippen LogP contribution in [0, 0.1) is 6.92 Å². The number of hydrogen-bond acceptors (Lipinski definition) is 4. The van der Waals surface area contributed by atoms with Gasteiger partial charge < -0.3 is 10.6 Å². The third-order valence-corrected chi connectivity index (χ3v) is 4.93. The second-order valence-electron chi connectivity index (χ2n) is 5.57. The Balaban J connectivity index is 1.56. The van der Waals surface area contributed by atoms with Crippen LogP contribution in [0.25, 0.3) is 11.3 Å². The molecule has 1 aliphatic heterocycles. The number of carbonyl (C=O) groups excluding carboxylic acids is 1. The number of aromatic nitrogens is 1. The van der Waals surface area contributed by atoms with Gasteiger partial charge in [-0.25, -0.2) is 4.98 Å². The highest BCUT2D eigenvalue weighted by molar-refractivity contribution is 7.12. The maximum atomic E-state index is 11.9. The molecule has 1 saturated heterocycles. The van der Waals surface area contributed by atoms with E-state index in [1.165, 1.54) is 4.88 Å². The van der Waals surface area contributed by atoms with Gasteiger partial charge in [0.25, 0.3) is 0 Å². The number of thiazole rings is 1. The number of aryl methyl sites for hydroxylation is 1. The molecule has 1 aromatic carbocycles. The van der Waals surface area contributed by atoms with Crippen molar-refractivity contribution in [2.24, 2.45) is 0 Å². The first-order valence-electron chi connectivity index (χ1n) is 7.77. The smallest absolute Gasteiger partial charge is 0.237 e. The van der Waals surface area contributed by atoms with E-state index in [0.29, 0.717) is 6.54 Å². The molecule has 22 heavy (non-hydrogen) atoms. The van der Waals surface area contributed by atoms with Gasteiger partial charge in [-0.1, -0.05) is 30.3 Å². The summed E-state index contributed by atoms with van der Waals surface area (Å²) in [6, 6.07) is 10.2. The number of nitrogens with one attached hydrogen (secondary N) is 2. The predicted molar refractivity (Wildman–Crippen MR) is 90.0 cm³/mol. The van der Waals surface area contributed by atoms with Crippen molar-refractivity contribution in [1.29, 1.82) is 0 Å². The van der Waals surface area contributed by atoms with Crippen molar-refractivity contribution in [2.45, 2.75) is 32.2 Å². The largest absolute Gasteiger partial charge is 0.354 e. The lowest BCUT2D eigenvalue weighted by molar-refractivity contribution is -0.122. The summed E-state index contributed by atoms with van der Waals surface area (Å²) in [4.78, 5) is 17.9. The first-order chi connectivity index (χ1) is 10.7. The fourth-order valence-corrected chi connectivity index (χ4v) is 3.70. The summed E-state index contributed by atoms with van der Waals surface area (Å²) in [5.41, 5.74) is 2.21. The van der Waals surface area contributed by atoms with Gasteiger partial charge in [0.1, 0.15) is 0 Å². The van der Waals surface area contributed by atoms with Gasteiger partial charge >= 0.3 is 0 Å². The Morgan fingerprint density at radius 1 is 1.41 bits per heavy atom. The molecule has 3 rings (SSSR count). The summed E-state index contributed by atoms with van der Waals surface area (Å²) >= 11 is 1.72. The monoisotopic (exact) mass is 315 g/mol. The summed E-state index contributed by atoms with van der Waals surface area (Å²) in [5, 5.41) is 7.30. The van der Waals surface area contributed by atoms with Crippen LogP contribution in [-0.4, -0.2) is 30.0 Å². The van der Waals surface area contributed by atoms with Crippen LogP contribution in [0.5, 0.6) is 0 Å². The molecule has 0 aliphatic carbocycles. The maximum absolute atomic E-state index is 11.9. The van der Waals surface area contributed by atoms with Crippen LogP contribution in [0.1, 0.15) is 22.7 Å². The minimum absolute atomic E-state index is 0.00193. The zero-order valence-electron chi connectivity index (χ0n) is 12.8. The van der Waals surface area contributed by atoms with Crippen molar-refractivity contribution in [2.75, 3.05) is 13.1 Å². The van der Waals surface area contributed by atoms with Crippen molar-refractivity contribution < 1.29 is 4.79 Å². The van der Waals surface area contributed by atoms with Gasteiger partial charge in [0.2, 0.25) is 5.91 Å².